The highest BCUT2D eigenvalue weighted by Crippen LogP contribution is 2.29. The largest absolute Gasteiger partial charge is 0.462 e. The van der Waals surface area contributed by atoms with E-state index >= 15 is 0 Å². The summed E-state index contributed by atoms with van der Waals surface area (Å²) in [6.45, 7) is 9.41. The Hall–Kier alpha value is -3.39. The molecule has 174 valence electrons. The van der Waals surface area contributed by atoms with Crippen molar-refractivity contribution in [2.45, 2.75) is 53.2 Å². The van der Waals surface area contributed by atoms with Crippen LogP contribution in [0.3, 0.4) is 0 Å². The molecule has 1 saturated heterocycles. The number of benzene rings is 1. The number of amides is 1. The molecule has 8 heteroatoms. The molecule has 1 amide bonds. The Labute approximate surface area is 193 Å². The number of carbonyl (C=O) groups excluding carboxylic acids is 2. The van der Waals surface area contributed by atoms with E-state index in [1.165, 1.54) is 6.08 Å². The zero-order valence-corrected chi connectivity index (χ0v) is 19.5. The smallest absolute Gasteiger partial charge is 0.340 e. The quantitative estimate of drug-likeness (QED) is 0.402. The van der Waals surface area contributed by atoms with Crippen LogP contribution < -0.4 is 5.32 Å². The lowest BCUT2D eigenvalue weighted by Gasteiger charge is -2.05. The van der Waals surface area contributed by atoms with Gasteiger partial charge in [-0.1, -0.05) is 0 Å². The summed E-state index contributed by atoms with van der Waals surface area (Å²) in [5.74, 6) is 0.157. The van der Waals surface area contributed by atoms with E-state index in [2.05, 4.69) is 15.3 Å². The van der Waals surface area contributed by atoms with Crippen molar-refractivity contribution in [2.24, 2.45) is 0 Å². The van der Waals surface area contributed by atoms with Gasteiger partial charge < -0.3 is 24.3 Å². The third-order valence-electron chi connectivity index (χ3n) is 6.03. The Morgan fingerprint density at radius 2 is 2.12 bits per heavy atom. The van der Waals surface area contributed by atoms with Gasteiger partial charge >= 0.3 is 5.97 Å². The Morgan fingerprint density at radius 1 is 1.30 bits per heavy atom. The number of aromatic amines is 1. The van der Waals surface area contributed by atoms with Crippen LogP contribution in [-0.2, 0) is 20.8 Å². The van der Waals surface area contributed by atoms with Crippen LogP contribution >= 0.6 is 0 Å². The van der Waals surface area contributed by atoms with Crippen LogP contribution in [-0.4, -0.2) is 39.6 Å². The predicted octanol–water partition coefficient (Wildman–Crippen LogP) is 4.68. The monoisotopic (exact) mass is 450 g/mol. The van der Waals surface area contributed by atoms with E-state index in [1.807, 2.05) is 43.5 Å². The summed E-state index contributed by atoms with van der Waals surface area (Å²) in [6, 6.07) is 5.55. The number of aromatic nitrogens is 3. The van der Waals surface area contributed by atoms with Crippen LogP contribution in [0.15, 0.2) is 24.3 Å². The van der Waals surface area contributed by atoms with Gasteiger partial charge in [-0.25, -0.2) is 9.78 Å². The molecule has 2 N–H and O–H groups in total. The second-order valence-electron chi connectivity index (χ2n) is 8.10. The molecular weight excluding hydrogens is 420 g/mol. The van der Waals surface area contributed by atoms with Crippen molar-refractivity contribution in [3.8, 4) is 0 Å². The minimum absolute atomic E-state index is 0.00842. The van der Waals surface area contributed by atoms with E-state index in [-0.39, 0.29) is 18.0 Å². The maximum absolute atomic E-state index is 12.6. The zero-order valence-electron chi connectivity index (χ0n) is 19.5. The first kappa shape index (κ1) is 22.8. The van der Waals surface area contributed by atoms with Gasteiger partial charge in [-0.2, -0.15) is 0 Å². The van der Waals surface area contributed by atoms with Gasteiger partial charge in [0, 0.05) is 41.9 Å². The molecule has 3 heterocycles. The molecule has 0 aliphatic carbocycles. The molecule has 0 radical (unpaired) electrons. The lowest BCUT2D eigenvalue weighted by atomic mass is 10.1. The molecule has 1 aromatic carbocycles. The van der Waals surface area contributed by atoms with Gasteiger partial charge in [0.05, 0.1) is 23.2 Å². The number of hydrogen-bond donors (Lipinski definition) is 2. The second-order valence-corrected chi connectivity index (χ2v) is 8.10. The average Bonchev–Trinajstić information content (AvgIpc) is 3.50. The minimum atomic E-state index is -0.378. The normalized spacial score (nSPS) is 16.1. The fourth-order valence-electron chi connectivity index (χ4n) is 4.44. The van der Waals surface area contributed by atoms with Crippen molar-refractivity contribution in [2.75, 3.05) is 18.5 Å². The maximum atomic E-state index is 12.6. The number of fused-ring (bicyclic) bond motifs is 1. The lowest BCUT2D eigenvalue weighted by Crippen LogP contribution is -2.09. The molecule has 1 aliphatic heterocycles. The van der Waals surface area contributed by atoms with Crippen molar-refractivity contribution in [1.82, 2.24) is 14.5 Å². The predicted molar refractivity (Wildman–Crippen MR) is 127 cm³/mol. The van der Waals surface area contributed by atoms with E-state index in [0.717, 1.165) is 54.2 Å². The summed E-state index contributed by atoms with van der Waals surface area (Å²) in [4.78, 5) is 33.1. The SMILES string of the molecule is CCOC(=O)c1c(/C=C/C(=O)Nc2ccc3nc(C4CCCO4)[nH]c3c2)c(C)n(CC)c1C. The molecular formula is C25H30N4O4. The van der Waals surface area contributed by atoms with Gasteiger partial charge in [-0.3, -0.25) is 4.79 Å². The molecule has 33 heavy (non-hydrogen) atoms. The Morgan fingerprint density at radius 3 is 2.82 bits per heavy atom. The van der Waals surface area contributed by atoms with Crippen LogP contribution in [0.2, 0.25) is 0 Å². The van der Waals surface area contributed by atoms with E-state index in [1.54, 1.807) is 13.0 Å². The van der Waals surface area contributed by atoms with Crippen LogP contribution in [0.4, 0.5) is 5.69 Å². The summed E-state index contributed by atoms with van der Waals surface area (Å²) in [5, 5.41) is 2.88. The molecule has 1 fully saturated rings. The number of hydrogen-bond acceptors (Lipinski definition) is 5. The van der Waals surface area contributed by atoms with Crippen molar-refractivity contribution in [3.05, 3.63) is 52.6 Å². The van der Waals surface area contributed by atoms with Gasteiger partial charge in [0.15, 0.2) is 0 Å². The highest BCUT2D eigenvalue weighted by Gasteiger charge is 2.23. The summed E-state index contributed by atoms with van der Waals surface area (Å²) < 4.78 is 13.0. The molecule has 1 unspecified atom stereocenters. The van der Waals surface area contributed by atoms with Gasteiger partial charge in [-0.15, -0.1) is 0 Å². The first-order valence-corrected chi connectivity index (χ1v) is 11.4. The van der Waals surface area contributed by atoms with Gasteiger partial charge in [0.25, 0.3) is 0 Å². The molecule has 1 atom stereocenters. The molecule has 2 aromatic heterocycles. The van der Waals surface area contributed by atoms with Gasteiger partial charge in [0.1, 0.15) is 11.9 Å². The molecule has 0 saturated carbocycles. The lowest BCUT2D eigenvalue weighted by molar-refractivity contribution is -0.111. The summed E-state index contributed by atoms with van der Waals surface area (Å²) in [5.41, 5.74) is 5.29. The molecule has 0 bridgehead atoms. The van der Waals surface area contributed by atoms with E-state index in [9.17, 15) is 9.59 Å². The van der Waals surface area contributed by atoms with Gasteiger partial charge in [-0.05, 0) is 64.8 Å². The third kappa shape index (κ3) is 4.57. The number of nitrogens with zero attached hydrogens (tertiary/aromatic N) is 2. The molecule has 8 nitrogen and oxygen atoms in total. The Balaban J connectivity index is 1.53. The zero-order chi connectivity index (χ0) is 23.5. The summed E-state index contributed by atoms with van der Waals surface area (Å²) in [6.07, 6.45) is 5.13. The number of anilines is 1. The van der Waals surface area contributed by atoms with Crippen LogP contribution in [0.1, 0.15) is 65.9 Å². The van der Waals surface area contributed by atoms with Crippen LogP contribution in [0.25, 0.3) is 17.1 Å². The number of carbonyl (C=O) groups is 2. The summed E-state index contributed by atoms with van der Waals surface area (Å²) in [7, 11) is 0. The van der Waals surface area contributed by atoms with E-state index < -0.39 is 0 Å². The maximum Gasteiger partial charge on any atom is 0.340 e. The minimum Gasteiger partial charge on any atom is -0.462 e. The average molecular weight is 451 g/mol. The number of H-pyrrole nitrogens is 1. The number of rotatable bonds is 7. The van der Waals surface area contributed by atoms with Crippen molar-refractivity contribution >= 4 is 34.7 Å². The molecule has 0 spiro atoms. The number of esters is 1. The molecule has 1 aliphatic rings. The third-order valence-corrected chi connectivity index (χ3v) is 6.03. The van der Waals surface area contributed by atoms with E-state index in [0.29, 0.717) is 23.4 Å². The fraction of sp³-hybridized carbons (Fsp3) is 0.400. The first-order chi connectivity index (χ1) is 15.9. The first-order valence-electron chi connectivity index (χ1n) is 11.4. The fourth-order valence-corrected chi connectivity index (χ4v) is 4.44. The summed E-state index contributed by atoms with van der Waals surface area (Å²) >= 11 is 0. The Bertz CT molecular complexity index is 1210. The second kappa shape index (κ2) is 9.62. The number of ether oxygens (including phenoxy) is 2. The van der Waals surface area contributed by atoms with E-state index in [4.69, 9.17) is 9.47 Å². The number of imidazole rings is 1. The Kier molecular flexibility index (Phi) is 6.65. The van der Waals surface area contributed by atoms with Crippen molar-refractivity contribution in [3.63, 3.8) is 0 Å². The van der Waals surface area contributed by atoms with Crippen molar-refractivity contribution in [1.29, 1.82) is 0 Å². The molecule has 4 rings (SSSR count). The van der Waals surface area contributed by atoms with Crippen molar-refractivity contribution < 1.29 is 19.1 Å². The standard InChI is InChI=1S/C25H30N4O4/c1-5-29-15(3)18(23(16(29)4)25(31)32-6-2)10-12-22(30)26-17-9-11-19-20(14-17)28-24(27-19)21-8-7-13-33-21/h9-12,14,21H,5-8,13H2,1-4H3,(H,26,30)(H,27,28)/b12-10+. The topological polar surface area (TPSA) is 98.2 Å². The molecule has 3 aromatic rings. The highest BCUT2D eigenvalue weighted by atomic mass is 16.5. The van der Waals surface area contributed by atoms with Crippen LogP contribution in [0, 0.1) is 13.8 Å². The van der Waals surface area contributed by atoms with Crippen LogP contribution in [0.5, 0.6) is 0 Å². The number of nitrogens with one attached hydrogen (secondary N) is 2. The van der Waals surface area contributed by atoms with Gasteiger partial charge in [0.2, 0.25) is 5.91 Å². The highest BCUT2D eigenvalue weighted by molar-refractivity contribution is 6.04.